The molecule has 0 atom stereocenters. The monoisotopic (exact) mass is 238 g/mol. The van der Waals surface area contributed by atoms with Crippen LogP contribution in [0.2, 0.25) is 0 Å². The molecule has 0 unspecified atom stereocenters. The molecule has 0 spiro atoms. The predicted octanol–water partition coefficient (Wildman–Crippen LogP) is 2.93. The third-order valence-corrected chi connectivity index (χ3v) is 3.29. The van der Waals surface area contributed by atoms with E-state index in [9.17, 15) is 0 Å². The van der Waals surface area contributed by atoms with E-state index < -0.39 is 0 Å². The molecule has 0 aromatic carbocycles. The smallest absolute Gasteiger partial charge is 0.0771 e. The van der Waals surface area contributed by atoms with E-state index >= 15 is 0 Å². The van der Waals surface area contributed by atoms with Crippen molar-refractivity contribution < 1.29 is 4.84 Å². The molecule has 0 saturated carbocycles. The van der Waals surface area contributed by atoms with E-state index in [1.165, 1.54) is 17.0 Å². The van der Waals surface area contributed by atoms with Crippen LogP contribution in [0.3, 0.4) is 0 Å². The standard InChI is InChI=1S/C14H26N2O/c1-10(2)8-16-11(3)7-13(12(16)4)14(5,6)9-17-15/h7,10H,8-9,15H2,1-6H3. The molecule has 1 heterocycles. The van der Waals surface area contributed by atoms with E-state index in [0.717, 1.165) is 6.54 Å². The SMILES string of the molecule is Cc1cc(C(C)(C)CON)c(C)n1CC(C)C. The van der Waals surface area contributed by atoms with Gasteiger partial charge in [0, 0.05) is 23.3 Å². The van der Waals surface area contributed by atoms with Crippen LogP contribution < -0.4 is 5.90 Å². The lowest BCUT2D eigenvalue weighted by molar-refractivity contribution is 0.0961. The molecular weight excluding hydrogens is 212 g/mol. The van der Waals surface area contributed by atoms with E-state index in [4.69, 9.17) is 10.7 Å². The van der Waals surface area contributed by atoms with Gasteiger partial charge in [-0.15, -0.1) is 0 Å². The van der Waals surface area contributed by atoms with Crippen molar-refractivity contribution in [3.05, 3.63) is 23.0 Å². The molecule has 3 nitrogen and oxygen atoms in total. The summed E-state index contributed by atoms with van der Waals surface area (Å²) in [5, 5.41) is 0. The quantitative estimate of drug-likeness (QED) is 0.801. The number of hydrogen-bond donors (Lipinski definition) is 1. The molecule has 0 fully saturated rings. The van der Waals surface area contributed by atoms with Gasteiger partial charge in [-0.1, -0.05) is 27.7 Å². The number of nitrogens with zero attached hydrogens (tertiary/aromatic N) is 1. The molecule has 3 heteroatoms. The van der Waals surface area contributed by atoms with Crippen molar-refractivity contribution in [3.8, 4) is 0 Å². The normalized spacial score (nSPS) is 12.5. The minimum absolute atomic E-state index is 0.0359. The predicted molar refractivity (Wildman–Crippen MR) is 71.9 cm³/mol. The van der Waals surface area contributed by atoms with Crippen LogP contribution >= 0.6 is 0 Å². The van der Waals surface area contributed by atoms with Crippen LogP contribution in [0, 0.1) is 19.8 Å². The second-order valence-corrected chi connectivity index (χ2v) is 5.98. The van der Waals surface area contributed by atoms with Crippen LogP contribution in [-0.2, 0) is 16.8 Å². The summed E-state index contributed by atoms with van der Waals surface area (Å²) >= 11 is 0. The van der Waals surface area contributed by atoms with Crippen molar-refractivity contribution in [2.45, 2.75) is 53.5 Å². The highest BCUT2D eigenvalue weighted by atomic mass is 16.6. The van der Waals surface area contributed by atoms with Crippen LogP contribution in [-0.4, -0.2) is 11.2 Å². The minimum Gasteiger partial charge on any atom is -0.349 e. The molecular formula is C14H26N2O. The second kappa shape index (κ2) is 5.23. The maximum absolute atomic E-state index is 5.22. The highest BCUT2D eigenvalue weighted by Crippen LogP contribution is 2.29. The number of aryl methyl sites for hydroxylation is 1. The third kappa shape index (κ3) is 3.11. The van der Waals surface area contributed by atoms with Crippen LogP contribution in [0.5, 0.6) is 0 Å². The molecule has 0 bridgehead atoms. The Balaban J connectivity index is 3.11. The van der Waals surface area contributed by atoms with E-state index in [0.29, 0.717) is 12.5 Å². The molecule has 0 radical (unpaired) electrons. The number of nitrogens with two attached hydrogens (primary N) is 1. The summed E-state index contributed by atoms with van der Waals surface area (Å²) in [4.78, 5) is 4.84. The second-order valence-electron chi connectivity index (χ2n) is 5.98. The van der Waals surface area contributed by atoms with Gasteiger partial charge in [0.2, 0.25) is 0 Å². The molecule has 98 valence electrons. The molecule has 1 rings (SSSR count). The van der Waals surface area contributed by atoms with Crippen molar-refractivity contribution in [1.29, 1.82) is 0 Å². The van der Waals surface area contributed by atoms with Gasteiger partial charge in [0.05, 0.1) is 6.61 Å². The van der Waals surface area contributed by atoms with Crippen molar-refractivity contribution in [2.24, 2.45) is 11.8 Å². The van der Waals surface area contributed by atoms with Crippen molar-refractivity contribution >= 4 is 0 Å². The third-order valence-electron chi connectivity index (χ3n) is 3.29. The zero-order valence-electron chi connectivity index (χ0n) is 12.0. The van der Waals surface area contributed by atoms with Crippen LogP contribution in [0.4, 0.5) is 0 Å². The Bertz CT molecular complexity index is 378. The minimum atomic E-state index is -0.0359. The van der Waals surface area contributed by atoms with Gasteiger partial charge in [-0.25, -0.2) is 5.90 Å². The highest BCUT2D eigenvalue weighted by molar-refractivity contribution is 5.33. The summed E-state index contributed by atoms with van der Waals surface area (Å²) in [5.74, 6) is 5.88. The maximum Gasteiger partial charge on any atom is 0.0771 e. The first-order valence-corrected chi connectivity index (χ1v) is 6.28. The Morgan fingerprint density at radius 1 is 1.35 bits per heavy atom. The van der Waals surface area contributed by atoms with Gasteiger partial charge in [-0.05, 0) is 31.4 Å². The molecule has 0 saturated heterocycles. The van der Waals surface area contributed by atoms with Crippen LogP contribution in [0.15, 0.2) is 6.07 Å². The summed E-state index contributed by atoms with van der Waals surface area (Å²) in [5.41, 5.74) is 3.95. The topological polar surface area (TPSA) is 40.2 Å². The van der Waals surface area contributed by atoms with Crippen molar-refractivity contribution in [2.75, 3.05) is 6.61 Å². The van der Waals surface area contributed by atoms with Crippen molar-refractivity contribution in [1.82, 2.24) is 4.57 Å². The zero-order chi connectivity index (χ0) is 13.2. The first kappa shape index (κ1) is 14.3. The van der Waals surface area contributed by atoms with E-state index in [1.54, 1.807) is 0 Å². The zero-order valence-corrected chi connectivity index (χ0v) is 12.0. The fourth-order valence-electron chi connectivity index (χ4n) is 2.42. The molecule has 2 N–H and O–H groups in total. The number of rotatable bonds is 5. The lowest BCUT2D eigenvalue weighted by atomic mass is 9.85. The average Bonchev–Trinajstić information content (AvgIpc) is 2.45. The van der Waals surface area contributed by atoms with Gasteiger partial charge in [-0.3, -0.25) is 0 Å². The van der Waals surface area contributed by atoms with Gasteiger partial charge in [0.15, 0.2) is 0 Å². The Hall–Kier alpha value is -0.800. The van der Waals surface area contributed by atoms with Gasteiger partial charge in [0.25, 0.3) is 0 Å². The molecule has 0 amide bonds. The summed E-state index contributed by atoms with van der Waals surface area (Å²) in [6, 6.07) is 2.26. The van der Waals surface area contributed by atoms with Gasteiger partial charge in [0.1, 0.15) is 0 Å². The molecule has 17 heavy (non-hydrogen) atoms. The van der Waals surface area contributed by atoms with Gasteiger partial charge < -0.3 is 9.40 Å². The number of hydrogen-bond acceptors (Lipinski definition) is 2. The number of aromatic nitrogens is 1. The largest absolute Gasteiger partial charge is 0.349 e. The average molecular weight is 238 g/mol. The summed E-state index contributed by atoms with van der Waals surface area (Å²) in [7, 11) is 0. The van der Waals surface area contributed by atoms with Crippen LogP contribution in [0.1, 0.15) is 44.6 Å². The fraction of sp³-hybridized carbons (Fsp3) is 0.714. The van der Waals surface area contributed by atoms with Crippen LogP contribution in [0.25, 0.3) is 0 Å². The molecule has 0 aliphatic rings. The van der Waals surface area contributed by atoms with E-state index in [-0.39, 0.29) is 5.41 Å². The first-order valence-electron chi connectivity index (χ1n) is 6.28. The Kier molecular flexibility index (Phi) is 4.39. The summed E-state index contributed by atoms with van der Waals surface area (Å²) < 4.78 is 2.39. The van der Waals surface area contributed by atoms with Gasteiger partial charge >= 0.3 is 0 Å². The van der Waals surface area contributed by atoms with Gasteiger partial charge in [-0.2, -0.15) is 0 Å². The molecule has 0 aliphatic carbocycles. The lowest BCUT2D eigenvalue weighted by Crippen LogP contribution is -2.27. The molecule has 0 aliphatic heterocycles. The summed E-state index contributed by atoms with van der Waals surface area (Å²) in [6.45, 7) is 14.8. The molecule has 1 aromatic rings. The first-order chi connectivity index (χ1) is 7.79. The Labute approximate surface area is 105 Å². The highest BCUT2D eigenvalue weighted by Gasteiger charge is 2.26. The molecule has 1 aromatic heterocycles. The fourth-order valence-corrected chi connectivity index (χ4v) is 2.42. The Morgan fingerprint density at radius 3 is 2.41 bits per heavy atom. The Morgan fingerprint density at radius 2 is 1.94 bits per heavy atom. The maximum atomic E-state index is 5.22. The van der Waals surface area contributed by atoms with E-state index in [1.807, 2.05) is 0 Å². The van der Waals surface area contributed by atoms with E-state index in [2.05, 4.69) is 52.2 Å². The summed E-state index contributed by atoms with van der Waals surface area (Å²) in [6.07, 6.45) is 0. The van der Waals surface area contributed by atoms with Crippen molar-refractivity contribution in [3.63, 3.8) is 0 Å². The lowest BCUT2D eigenvalue weighted by Gasteiger charge is -2.24.